The van der Waals surface area contributed by atoms with Gasteiger partial charge < -0.3 is 15.4 Å². The van der Waals surface area contributed by atoms with Crippen molar-refractivity contribution in [3.8, 4) is 0 Å². The van der Waals surface area contributed by atoms with Crippen LogP contribution in [0.1, 0.15) is 19.3 Å². The molecule has 2 rings (SSSR count). The number of morpholine rings is 1. The second-order valence-electron chi connectivity index (χ2n) is 5.49. The van der Waals surface area contributed by atoms with Crippen molar-refractivity contribution in [1.82, 2.24) is 15.5 Å². The summed E-state index contributed by atoms with van der Waals surface area (Å²) in [5.74, 6) is 0.381. The molecule has 130 valence electrons. The molecular weight excluding hydrogens is 412 g/mol. The number of ether oxygens (including phenoxy) is 1. The van der Waals surface area contributed by atoms with Crippen molar-refractivity contribution in [2.75, 3.05) is 39.8 Å². The normalized spacial score (nSPS) is 26.3. The quantitative estimate of drug-likeness (QED) is 0.400. The minimum atomic E-state index is -4.15. The number of rotatable bonds is 4. The van der Waals surface area contributed by atoms with Crippen LogP contribution < -0.4 is 10.6 Å². The Kier molecular flexibility index (Phi) is 8.19. The molecule has 2 aliphatic heterocycles. The molecule has 2 heterocycles. The molecule has 0 aromatic carbocycles. The maximum atomic E-state index is 12.1. The minimum Gasteiger partial charge on any atom is -0.373 e. The number of nitrogens with zero attached hydrogens (tertiary/aromatic N) is 2. The smallest absolute Gasteiger partial charge is 0.373 e. The van der Waals surface area contributed by atoms with Crippen LogP contribution in [-0.2, 0) is 4.74 Å². The fourth-order valence-electron chi connectivity index (χ4n) is 2.76. The third-order valence-electron chi connectivity index (χ3n) is 3.88. The molecule has 0 spiro atoms. The monoisotopic (exact) mass is 436 g/mol. The van der Waals surface area contributed by atoms with Gasteiger partial charge in [-0.2, -0.15) is 13.2 Å². The van der Waals surface area contributed by atoms with Gasteiger partial charge in [0.15, 0.2) is 5.96 Å². The van der Waals surface area contributed by atoms with Crippen LogP contribution in [0.25, 0.3) is 0 Å². The van der Waals surface area contributed by atoms with E-state index in [1.54, 1.807) is 7.05 Å². The summed E-state index contributed by atoms with van der Waals surface area (Å²) in [5, 5.41) is 5.69. The Morgan fingerprint density at radius 1 is 1.36 bits per heavy atom. The van der Waals surface area contributed by atoms with Crippen LogP contribution in [0.5, 0.6) is 0 Å². The number of halogens is 4. The molecule has 0 bridgehead atoms. The lowest BCUT2D eigenvalue weighted by Crippen LogP contribution is -2.51. The van der Waals surface area contributed by atoms with Crippen LogP contribution in [0, 0.1) is 0 Å². The van der Waals surface area contributed by atoms with Crippen molar-refractivity contribution in [1.29, 1.82) is 0 Å². The third-order valence-corrected chi connectivity index (χ3v) is 3.88. The number of aliphatic imine (C=N–C) groups is 1. The lowest BCUT2D eigenvalue weighted by atomic mass is 10.2. The summed E-state index contributed by atoms with van der Waals surface area (Å²) in [7, 11) is 1.54. The van der Waals surface area contributed by atoms with Crippen LogP contribution in [0.3, 0.4) is 0 Å². The number of hydrogen-bond acceptors (Lipinski definition) is 3. The van der Waals surface area contributed by atoms with E-state index in [0.29, 0.717) is 18.5 Å². The molecule has 2 saturated heterocycles. The van der Waals surface area contributed by atoms with Gasteiger partial charge in [-0.05, 0) is 19.4 Å². The topological polar surface area (TPSA) is 48.9 Å². The highest BCUT2D eigenvalue weighted by atomic mass is 127. The summed E-state index contributed by atoms with van der Waals surface area (Å²) in [6.07, 6.45) is -2.55. The minimum absolute atomic E-state index is 0. The van der Waals surface area contributed by atoms with Gasteiger partial charge in [0.05, 0.1) is 19.1 Å². The Bertz CT molecular complexity index is 368. The molecule has 2 aliphatic rings. The van der Waals surface area contributed by atoms with Crippen LogP contribution in [0.15, 0.2) is 4.99 Å². The Balaban J connectivity index is 0.00000242. The third kappa shape index (κ3) is 6.45. The molecule has 2 unspecified atom stereocenters. The Hall–Kier alpha value is -0.290. The first-order valence-corrected chi connectivity index (χ1v) is 7.35. The van der Waals surface area contributed by atoms with Crippen LogP contribution >= 0.6 is 24.0 Å². The molecule has 9 heteroatoms. The first-order valence-electron chi connectivity index (χ1n) is 7.35. The lowest BCUT2D eigenvalue weighted by Gasteiger charge is -2.35. The van der Waals surface area contributed by atoms with E-state index < -0.39 is 12.6 Å². The number of nitrogens with one attached hydrogen (secondary N) is 2. The van der Waals surface area contributed by atoms with E-state index >= 15 is 0 Å². The molecule has 22 heavy (non-hydrogen) atoms. The Morgan fingerprint density at radius 3 is 2.82 bits per heavy atom. The molecule has 0 amide bonds. The van der Waals surface area contributed by atoms with Gasteiger partial charge in [-0.3, -0.25) is 9.89 Å². The fourth-order valence-corrected chi connectivity index (χ4v) is 2.76. The number of guanidine groups is 1. The van der Waals surface area contributed by atoms with Gasteiger partial charge in [-0.15, -0.1) is 24.0 Å². The molecule has 0 aliphatic carbocycles. The van der Waals surface area contributed by atoms with Gasteiger partial charge in [0.2, 0.25) is 0 Å². The molecule has 5 nitrogen and oxygen atoms in total. The largest absolute Gasteiger partial charge is 0.390 e. The standard InChI is InChI=1S/C13H23F3N4O.HI/c1-17-12(18-5-4-13(14,15)16)19-7-11-8-20-6-2-3-10(20)9-21-11;/h10-11H,2-9H2,1H3,(H2,17,18,19);1H. The van der Waals surface area contributed by atoms with Crippen LogP contribution in [0.2, 0.25) is 0 Å². The fraction of sp³-hybridized carbons (Fsp3) is 0.923. The maximum Gasteiger partial charge on any atom is 0.390 e. The highest BCUT2D eigenvalue weighted by Gasteiger charge is 2.32. The zero-order chi connectivity index (χ0) is 15.3. The summed E-state index contributed by atoms with van der Waals surface area (Å²) in [6, 6.07) is 0.547. The van der Waals surface area contributed by atoms with Crippen molar-refractivity contribution in [3.05, 3.63) is 0 Å². The van der Waals surface area contributed by atoms with Crippen molar-refractivity contribution in [2.24, 2.45) is 4.99 Å². The van der Waals surface area contributed by atoms with Gasteiger partial charge in [-0.1, -0.05) is 0 Å². The predicted molar refractivity (Wildman–Crippen MR) is 89.8 cm³/mol. The molecule has 0 saturated carbocycles. The molecule has 0 radical (unpaired) electrons. The highest BCUT2D eigenvalue weighted by Crippen LogP contribution is 2.22. The van der Waals surface area contributed by atoms with Gasteiger partial charge in [-0.25, -0.2) is 0 Å². The van der Waals surface area contributed by atoms with Gasteiger partial charge >= 0.3 is 6.18 Å². The molecule has 2 fully saturated rings. The SMILES string of the molecule is CN=C(NCCC(F)(F)F)NCC1CN2CCCC2CO1.I. The van der Waals surface area contributed by atoms with Crippen molar-refractivity contribution >= 4 is 29.9 Å². The average Bonchev–Trinajstić information content (AvgIpc) is 2.88. The second-order valence-corrected chi connectivity index (χ2v) is 5.49. The predicted octanol–water partition coefficient (Wildman–Crippen LogP) is 1.58. The van der Waals surface area contributed by atoms with E-state index in [2.05, 4.69) is 20.5 Å². The second kappa shape index (κ2) is 9.11. The number of alkyl halides is 3. The van der Waals surface area contributed by atoms with E-state index in [1.165, 1.54) is 12.8 Å². The first-order chi connectivity index (χ1) is 9.98. The molecule has 2 N–H and O–H groups in total. The average molecular weight is 436 g/mol. The summed E-state index contributed by atoms with van der Waals surface area (Å²) >= 11 is 0. The van der Waals surface area contributed by atoms with Crippen molar-refractivity contribution in [2.45, 2.75) is 37.6 Å². The molecule has 2 atom stereocenters. The zero-order valence-corrected chi connectivity index (χ0v) is 15.0. The summed E-state index contributed by atoms with van der Waals surface area (Å²) < 4.78 is 42.0. The Labute approximate surface area is 146 Å². The summed E-state index contributed by atoms with van der Waals surface area (Å²) in [5.41, 5.74) is 0. The maximum absolute atomic E-state index is 12.1. The van der Waals surface area contributed by atoms with Crippen molar-refractivity contribution < 1.29 is 17.9 Å². The summed E-state index contributed by atoms with van der Waals surface area (Å²) in [6.45, 7) is 3.10. The van der Waals surface area contributed by atoms with E-state index in [9.17, 15) is 13.2 Å². The van der Waals surface area contributed by atoms with Gasteiger partial charge in [0, 0.05) is 32.7 Å². The summed E-state index contributed by atoms with van der Waals surface area (Å²) in [4.78, 5) is 6.34. The van der Waals surface area contributed by atoms with E-state index in [0.717, 1.165) is 19.7 Å². The number of fused-ring (bicyclic) bond motifs is 1. The van der Waals surface area contributed by atoms with Crippen LogP contribution in [-0.4, -0.2) is 69.0 Å². The lowest BCUT2D eigenvalue weighted by molar-refractivity contribution is -0.132. The van der Waals surface area contributed by atoms with Crippen molar-refractivity contribution in [3.63, 3.8) is 0 Å². The van der Waals surface area contributed by atoms with Crippen LogP contribution in [0.4, 0.5) is 13.2 Å². The van der Waals surface area contributed by atoms with Gasteiger partial charge in [0.25, 0.3) is 0 Å². The molecular formula is C13H24F3IN4O. The van der Waals surface area contributed by atoms with E-state index in [-0.39, 0.29) is 36.6 Å². The van der Waals surface area contributed by atoms with E-state index in [4.69, 9.17) is 4.74 Å². The first kappa shape index (κ1) is 19.8. The zero-order valence-electron chi connectivity index (χ0n) is 12.7. The number of hydrogen-bond donors (Lipinski definition) is 2. The van der Waals surface area contributed by atoms with Gasteiger partial charge in [0.1, 0.15) is 0 Å². The highest BCUT2D eigenvalue weighted by molar-refractivity contribution is 14.0. The molecule has 0 aromatic heterocycles. The Morgan fingerprint density at radius 2 is 2.14 bits per heavy atom. The molecule has 0 aromatic rings. The van der Waals surface area contributed by atoms with E-state index in [1.807, 2.05) is 0 Å².